The Morgan fingerprint density at radius 2 is 1.80 bits per heavy atom. The predicted octanol–water partition coefficient (Wildman–Crippen LogP) is 0.887. The zero-order valence-corrected chi connectivity index (χ0v) is 10.8. The Morgan fingerprint density at radius 3 is 2.30 bits per heavy atom. The van der Waals surface area contributed by atoms with Gasteiger partial charge in [0.1, 0.15) is 22.6 Å². The first kappa shape index (κ1) is 14.0. The summed E-state index contributed by atoms with van der Waals surface area (Å²) >= 11 is 0. The quantitative estimate of drug-likeness (QED) is 0.243. The summed E-state index contributed by atoms with van der Waals surface area (Å²) in [5.41, 5.74) is 4.53. The number of nitrogens with zero attached hydrogens (tertiary/aromatic N) is 1. The minimum atomic E-state index is -0.930. The van der Waals surface area contributed by atoms with Crippen LogP contribution in [0.1, 0.15) is 36.0 Å². The Labute approximate surface area is 115 Å². The first-order valence-electron chi connectivity index (χ1n) is 6.31. The molecule has 0 aromatic heterocycles. The zero-order chi connectivity index (χ0) is 14.8. The van der Waals surface area contributed by atoms with E-state index in [2.05, 4.69) is 10.5 Å². The normalized spacial score (nSPS) is 17.9. The van der Waals surface area contributed by atoms with Crippen molar-refractivity contribution in [3.05, 3.63) is 23.8 Å². The average molecular weight is 279 g/mol. The zero-order valence-electron chi connectivity index (χ0n) is 10.8. The molecular weight excluding hydrogens is 262 g/mol. The maximum atomic E-state index is 12.2. The summed E-state index contributed by atoms with van der Waals surface area (Å²) in [4.78, 5) is 12.2. The van der Waals surface area contributed by atoms with Crippen LogP contribution >= 0.6 is 0 Å². The molecule has 7 nitrogen and oxygen atoms in total. The highest BCUT2D eigenvalue weighted by molar-refractivity contribution is 6.03. The van der Waals surface area contributed by atoms with Gasteiger partial charge < -0.3 is 26.5 Å². The van der Waals surface area contributed by atoms with Crippen LogP contribution in [0.5, 0.6) is 11.5 Å². The predicted molar refractivity (Wildman–Crippen MR) is 71.8 cm³/mol. The minimum absolute atomic E-state index is 0.0711. The van der Waals surface area contributed by atoms with Gasteiger partial charge in [-0.3, -0.25) is 4.79 Å². The standard InChI is InChI=1S/C13H17N3O4/c14-12(16-20)13(6-1-2-7-13)15-11(19)10-8(17)4-3-5-9(10)18/h3-5,17-18,20H,1-2,6-7H2,(H2,14,16)(H,15,19). The van der Waals surface area contributed by atoms with E-state index in [1.165, 1.54) is 18.2 Å². The van der Waals surface area contributed by atoms with E-state index in [4.69, 9.17) is 10.9 Å². The van der Waals surface area contributed by atoms with E-state index < -0.39 is 11.4 Å². The van der Waals surface area contributed by atoms with Crippen molar-refractivity contribution in [2.75, 3.05) is 0 Å². The number of phenolic OH excluding ortho intramolecular Hbond substituents is 2. The minimum Gasteiger partial charge on any atom is -0.507 e. The van der Waals surface area contributed by atoms with Gasteiger partial charge in [-0.1, -0.05) is 24.1 Å². The fraction of sp³-hybridized carbons (Fsp3) is 0.385. The lowest BCUT2D eigenvalue weighted by Crippen LogP contribution is -2.55. The molecule has 1 aliphatic rings. The van der Waals surface area contributed by atoms with E-state index in [0.29, 0.717) is 12.8 Å². The smallest absolute Gasteiger partial charge is 0.259 e. The van der Waals surface area contributed by atoms with Crippen molar-refractivity contribution in [1.82, 2.24) is 5.32 Å². The molecule has 2 rings (SSSR count). The van der Waals surface area contributed by atoms with Crippen LogP contribution in [0.3, 0.4) is 0 Å². The number of benzene rings is 1. The summed E-state index contributed by atoms with van der Waals surface area (Å²) in [6, 6.07) is 4.04. The molecule has 6 N–H and O–H groups in total. The molecule has 0 bridgehead atoms. The number of amides is 1. The molecule has 1 saturated carbocycles. The summed E-state index contributed by atoms with van der Waals surface area (Å²) in [7, 11) is 0. The topological polar surface area (TPSA) is 128 Å². The molecule has 7 heteroatoms. The van der Waals surface area contributed by atoms with Gasteiger partial charge in [0.2, 0.25) is 0 Å². The van der Waals surface area contributed by atoms with Gasteiger partial charge in [0, 0.05) is 0 Å². The molecule has 0 aliphatic heterocycles. The van der Waals surface area contributed by atoms with Crippen LogP contribution in [0.2, 0.25) is 0 Å². The van der Waals surface area contributed by atoms with Crippen molar-refractivity contribution in [2.24, 2.45) is 10.9 Å². The van der Waals surface area contributed by atoms with Crippen LogP contribution in [-0.4, -0.2) is 32.7 Å². The Morgan fingerprint density at radius 1 is 1.25 bits per heavy atom. The SMILES string of the molecule is N/C(=N/O)C1(NC(=O)c2c(O)cccc2O)CCCC1. The lowest BCUT2D eigenvalue weighted by atomic mass is 9.95. The van der Waals surface area contributed by atoms with Crippen molar-refractivity contribution in [3.63, 3.8) is 0 Å². The summed E-state index contributed by atoms with van der Waals surface area (Å²) in [5, 5.41) is 33.9. The third-order valence-corrected chi connectivity index (χ3v) is 3.66. The van der Waals surface area contributed by atoms with Gasteiger partial charge in [0.15, 0.2) is 5.84 Å². The number of carbonyl (C=O) groups is 1. The third kappa shape index (κ3) is 2.34. The maximum absolute atomic E-state index is 12.2. The number of nitrogens with one attached hydrogen (secondary N) is 1. The number of rotatable bonds is 3. The van der Waals surface area contributed by atoms with Gasteiger partial charge in [0.05, 0.1) is 0 Å². The number of aromatic hydroxyl groups is 2. The largest absolute Gasteiger partial charge is 0.507 e. The van der Waals surface area contributed by atoms with E-state index in [0.717, 1.165) is 12.8 Å². The molecule has 1 aromatic carbocycles. The highest BCUT2D eigenvalue weighted by Gasteiger charge is 2.40. The van der Waals surface area contributed by atoms with Gasteiger partial charge in [-0.2, -0.15) is 0 Å². The number of amidine groups is 1. The van der Waals surface area contributed by atoms with Crippen LogP contribution in [0.4, 0.5) is 0 Å². The van der Waals surface area contributed by atoms with E-state index in [-0.39, 0.29) is 22.9 Å². The van der Waals surface area contributed by atoms with Crippen LogP contribution in [0, 0.1) is 0 Å². The lowest BCUT2D eigenvalue weighted by molar-refractivity contribution is 0.0917. The summed E-state index contributed by atoms with van der Waals surface area (Å²) in [6.45, 7) is 0. The summed E-state index contributed by atoms with van der Waals surface area (Å²) < 4.78 is 0. The Balaban J connectivity index is 2.30. The van der Waals surface area contributed by atoms with Crippen molar-refractivity contribution in [2.45, 2.75) is 31.2 Å². The van der Waals surface area contributed by atoms with Gasteiger partial charge >= 0.3 is 0 Å². The van der Waals surface area contributed by atoms with Crippen LogP contribution in [0.15, 0.2) is 23.4 Å². The Bertz CT molecular complexity index is 530. The summed E-state index contributed by atoms with van der Waals surface area (Å²) in [5.74, 6) is -1.38. The lowest BCUT2D eigenvalue weighted by Gasteiger charge is -2.28. The molecule has 1 amide bonds. The molecule has 0 saturated heterocycles. The second-order valence-electron chi connectivity index (χ2n) is 4.90. The summed E-state index contributed by atoms with van der Waals surface area (Å²) in [6.07, 6.45) is 2.76. The Hall–Kier alpha value is -2.44. The molecule has 1 aromatic rings. The maximum Gasteiger partial charge on any atom is 0.259 e. The number of oxime groups is 1. The van der Waals surface area contributed by atoms with Crippen LogP contribution in [-0.2, 0) is 0 Å². The molecule has 108 valence electrons. The van der Waals surface area contributed by atoms with Crippen molar-refractivity contribution < 1.29 is 20.2 Å². The number of hydrogen-bond donors (Lipinski definition) is 5. The van der Waals surface area contributed by atoms with Gasteiger partial charge in [0.25, 0.3) is 5.91 Å². The molecule has 20 heavy (non-hydrogen) atoms. The van der Waals surface area contributed by atoms with E-state index in [9.17, 15) is 15.0 Å². The second kappa shape index (κ2) is 5.28. The molecule has 0 heterocycles. The second-order valence-corrected chi connectivity index (χ2v) is 4.90. The first-order valence-corrected chi connectivity index (χ1v) is 6.31. The molecular formula is C13H17N3O4. The third-order valence-electron chi connectivity index (χ3n) is 3.66. The van der Waals surface area contributed by atoms with Crippen LogP contribution in [0.25, 0.3) is 0 Å². The molecule has 1 fully saturated rings. The van der Waals surface area contributed by atoms with Crippen molar-refractivity contribution in [1.29, 1.82) is 0 Å². The van der Waals surface area contributed by atoms with Crippen molar-refractivity contribution in [3.8, 4) is 11.5 Å². The van der Waals surface area contributed by atoms with Crippen LogP contribution < -0.4 is 11.1 Å². The highest BCUT2D eigenvalue weighted by Crippen LogP contribution is 2.32. The molecule has 0 radical (unpaired) electrons. The number of carbonyl (C=O) groups excluding carboxylic acids is 1. The fourth-order valence-electron chi connectivity index (χ4n) is 2.56. The highest BCUT2D eigenvalue weighted by atomic mass is 16.4. The van der Waals surface area contributed by atoms with Gasteiger partial charge in [-0.05, 0) is 25.0 Å². The fourth-order valence-corrected chi connectivity index (χ4v) is 2.56. The number of hydrogen-bond acceptors (Lipinski definition) is 5. The monoisotopic (exact) mass is 279 g/mol. The van der Waals surface area contributed by atoms with Crippen molar-refractivity contribution >= 4 is 11.7 Å². The van der Waals surface area contributed by atoms with E-state index in [1.807, 2.05) is 0 Å². The molecule has 0 unspecified atom stereocenters. The molecule has 1 aliphatic carbocycles. The number of phenols is 2. The van der Waals surface area contributed by atoms with Gasteiger partial charge in [-0.15, -0.1) is 0 Å². The van der Waals surface area contributed by atoms with E-state index >= 15 is 0 Å². The Kier molecular flexibility index (Phi) is 3.69. The number of nitrogens with two attached hydrogens (primary N) is 1. The van der Waals surface area contributed by atoms with E-state index in [1.54, 1.807) is 0 Å². The van der Waals surface area contributed by atoms with Gasteiger partial charge in [-0.25, -0.2) is 0 Å². The molecule has 0 atom stereocenters. The molecule has 0 spiro atoms. The first-order chi connectivity index (χ1) is 9.50. The average Bonchev–Trinajstić information content (AvgIpc) is 2.87.